The molecule has 1 aromatic rings. The largest absolute Gasteiger partial charge is 0.381 e. The molecule has 1 heterocycles. The van der Waals surface area contributed by atoms with Gasteiger partial charge in [0.1, 0.15) is 5.82 Å². The van der Waals surface area contributed by atoms with Crippen molar-refractivity contribution in [2.75, 3.05) is 31.5 Å². The second kappa shape index (κ2) is 6.78. The van der Waals surface area contributed by atoms with Crippen molar-refractivity contribution in [2.45, 2.75) is 44.9 Å². The van der Waals surface area contributed by atoms with Crippen LogP contribution >= 0.6 is 0 Å². The molecular weight excluding hydrogens is 263 g/mol. The number of halogens is 1. The van der Waals surface area contributed by atoms with Crippen molar-refractivity contribution in [1.29, 1.82) is 0 Å². The summed E-state index contributed by atoms with van der Waals surface area (Å²) >= 11 is 0. The molecule has 1 saturated carbocycles. The van der Waals surface area contributed by atoms with Gasteiger partial charge in [-0.1, -0.05) is 31.4 Å². The number of anilines is 1. The molecule has 1 N–H and O–H groups in total. The Hall–Kier alpha value is -1.09. The zero-order valence-electron chi connectivity index (χ0n) is 12.9. The zero-order chi connectivity index (χ0) is 14.5. The van der Waals surface area contributed by atoms with Crippen LogP contribution in [-0.2, 0) is 0 Å². The van der Waals surface area contributed by atoms with Gasteiger partial charge in [0.05, 0.1) is 5.69 Å². The Bertz CT molecular complexity index is 444. The first-order valence-electron chi connectivity index (χ1n) is 8.48. The summed E-state index contributed by atoms with van der Waals surface area (Å²) in [5.41, 5.74) is 1.30. The van der Waals surface area contributed by atoms with E-state index in [-0.39, 0.29) is 5.82 Å². The van der Waals surface area contributed by atoms with Crippen LogP contribution < -0.4 is 5.32 Å². The van der Waals surface area contributed by atoms with Crippen LogP contribution in [-0.4, -0.2) is 31.1 Å². The number of likely N-dealkylation sites (tertiary alicyclic amines) is 1. The van der Waals surface area contributed by atoms with E-state index in [1.807, 2.05) is 12.1 Å². The van der Waals surface area contributed by atoms with Crippen LogP contribution in [0.5, 0.6) is 0 Å². The summed E-state index contributed by atoms with van der Waals surface area (Å²) in [4.78, 5) is 2.54. The van der Waals surface area contributed by atoms with Gasteiger partial charge in [-0.25, -0.2) is 4.39 Å². The number of piperidine rings is 1. The van der Waals surface area contributed by atoms with Crippen molar-refractivity contribution in [3.05, 3.63) is 30.1 Å². The number of nitrogens with zero attached hydrogens (tertiary/aromatic N) is 1. The monoisotopic (exact) mass is 290 g/mol. The van der Waals surface area contributed by atoms with Gasteiger partial charge in [-0.3, -0.25) is 0 Å². The third kappa shape index (κ3) is 3.76. The molecule has 1 aliphatic carbocycles. The van der Waals surface area contributed by atoms with Crippen LogP contribution in [0.1, 0.15) is 44.9 Å². The minimum absolute atomic E-state index is 0.155. The highest BCUT2D eigenvalue weighted by Gasteiger charge is 2.35. The van der Waals surface area contributed by atoms with Gasteiger partial charge in [-0.2, -0.15) is 0 Å². The molecule has 0 bridgehead atoms. The normalized spacial score (nSPS) is 22.3. The molecular formula is C18H27FN2. The highest BCUT2D eigenvalue weighted by molar-refractivity contribution is 5.44. The lowest BCUT2D eigenvalue weighted by atomic mass is 9.68. The molecule has 0 amide bonds. The Kier molecular flexibility index (Phi) is 4.79. The van der Waals surface area contributed by atoms with Crippen molar-refractivity contribution in [3.63, 3.8) is 0 Å². The Morgan fingerprint density at radius 3 is 2.43 bits per heavy atom. The first-order valence-corrected chi connectivity index (χ1v) is 8.48. The first kappa shape index (κ1) is 14.8. The van der Waals surface area contributed by atoms with Crippen molar-refractivity contribution in [1.82, 2.24) is 4.90 Å². The lowest BCUT2D eigenvalue weighted by molar-refractivity contribution is 0.0699. The Labute approximate surface area is 127 Å². The SMILES string of the molecule is Fc1ccccc1NCCN1CCC2(CCCCC2)CC1. The molecule has 2 fully saturated rings. The topological polar surface area (TPSA) is 15.3 Å². The van der Waals surface area contributed by atoms with E-state index in [2.05, 4.69) is 10.2 Å². The van der Waals surface area contributed by atoms with Gasteiger partial charge < -0.3 is 10.2 Å². The fourth-order valence-electron chi connectivity index (χ4n) is 4.01. The summed E-state index contributed by atoms with van der Waals surface area (Å²) in [5, 5.41) is 3.21. The summed E-state index contributed by atoms with van der Waals surface area (Å²) in [7, 11) is 0. The molecule has 1 spiro atoms. The molecule has 3 heteroatoms. The number of nitrogens with one attached hydrogen (secondary N) is 1. The molecule has 3 rings (SSSR count). The van der Waals surface area contributed by atoms with E-state index in [9.17, 15) is 4.39 Å². The van der Waals surface area contributed by atoms with Gasteiger partial charge in [0.25, 0.3) is 0 Å². The van der Waals surface area contributed by atoms with E-state index in [0.717, 1.165) is 13.1 Å². The Balaban J connectivity index is 1.40. The minimum atomic E-state index is -0.155. The van der Waals surface area contributed by atoms with Crippen LogP contribution in [0.4, 0.5) is 10.1 Å². The average Bonchev–Trinajstić information content (AvgIpc) is 2.52. The Morgan fingerprint density at radius 2 is 1.71 bits per heavy atom. The van der Waals surface area contributed by atoms with Crippen LogP contribution in [0.3, 0.4) is 0 Å². The third-order valence-electron chi connectivity index (χ3n) is 5.45. The average molecular weight is 290 g/mol. The molecule has 1 aliphatic heterocycles. The molecule has 0 radical (unpaired) electrons. The summed E-state index contributed by atoms with van der Waals surface area (Å²) in [5.74, 6) is -0.155. The maximum absolute atomic E-state index is 13.5. The van der Waals surface area contributed by atoms with Crippen molar-refractivity contribution in [3.8, 4) is 0 Å². The van der Waals surface area contributed by atoms with Crippen molar-refractivity contribution < 1.29 is 4.39 Å². The molecule has 0 atom stereocenters. The lowest BCUT2D eigenvalue weighted by Gasteiger charge is -2.44. The van der Waals surface area contributed by atoms with Gasteiger partial charge in [0.2, 0.25) is 0 Å². The van der Waals surface area contributed by atoms with E-state index in [0.29, 0.717) is 11.1 Å². The quantitative estimate of drug-likeness (QED) is 0.890. The number of hydrogen-bond acceptors (Lipinski definition) is 2. The predicted octanol–water partition coefficient (Wildman–Crippen LogP) is 4.28. The molecule has 116 valence electrons. The number of rotatable bonds is 4. The van der Waals surface area contributed by atoms with E-state index in [1.165, 1.54) is 64.1 Å². The number of hydrogen-bond donors (Lipinski definition) is 1. The molecule has 1 saturated heterocycles. The van der Waals surface area contributed by atoms with E-state index in [4.69, 9.17) is 0 Å². The highest BCUT2D eigenvalue weighted by atomic mass is 19.1. The van der Waals surface area contributed by atoms with Gasteiger partial charge in [0.15, 0.2) is 0 Å². The second-order valence-electron chi connectivity index (χ2n) is 6.81. The third-order valence-corrected chi connectivity index (χ3v) is 5.45. The van der Waals surface area contributed by atoms with Gasteiger partial charge >= 0.3 is 0 Å². The van der Waals surface area contributed by atoms with Crippen LogP contribution in [0.25, 0.3) is 0 Å². The molecule has 0 aromatic heterocycles. The summed E-state index contributed by atoms with van der Waals surface area (Å²) in [6.45, 7) is 4.29. The summed E-state index contributed by atoms with van der Waals surface area (Å²) in [6.07, 6.45) is 9.96. The van der Waals surface area contributed by atoms with E-state index in [1.54, 1.807) is 6.07 Å². The van der Waals surface area contributed by atoms with Crippen molar-refractivity contribution in [2.24, 2.45) is 5.41 Å². The summed E-state index contributed by atoms with van der Waals surface area (Å²) in [6, 6.07) is 6.92. The fourth-order valence-corrected chi connectivity index (χ4v) is 4.01. The predicted molar refractivity (Wildman–Crippen MR) is 86.1 cm³/mol. The number of benzene rings is 1. The van der Waals surface area contributed by atoms with Gasteiger partial charge in [0, 0.05) is 13.1 Å². The zero-order valence-corrected chi connectivity index (χ0v) is 12.9. The number of para-hydroxylation sites is 1. The Morgan fingerprint density at radius 1 is 1.00 bits per heavy atom. The van der Waals surface area contributed by atoms with Crippen LogP contribution in [0, 0.1) is 11.2 Å². The van der Waals surface area contributed by atoms with Crippen LogP contribution in [0.15, 0.2) is 24.3 Å². The second-order valence-corrected chi connectivity index (χ2v) is 6.81. The van der Waals surface area contributed by atoms with Crippen LogP contribution in [0.2, 0.25) is 0 Å². The molecule has 1 aromatic carbocycles. The highest BCUT2D eigenvalue weighted by Crippen LogP contribution is 2.44. The fraction of sp³-hybridized carbons (Fsp3) is 0.667. The maximum atomic E-state index is 13.5. The molecule has 21 heavy (non-hydrogen) atoms. The standard InChI is InChI=1S/C18H27FN2/c19-16-6-2-3-7-17(16)20-12-15-21-13-10-18(11-14-21)8-4-1-5-9-18/h2-3,6-7,20H,1,4-5,8-15H2. The van der Waals surface area contributed by atoms with E-state index < -0.39 is 0 Å². The maximum Gasteiger partial charge on any atom is 0.146 e. The minimum Gasteiger partial charge on any atom is -0.381 e. The molecule has 0 unspecified atom stereocenters. The van der Waals surface area contributed by atoms with Gasteiger partial charge in [-0.15, -0.1) is 0 Å². The van der Waals surface area contributed by atoms with E-state index >= 15 is 0 Å². The first-order chi connectivity index (χ1) is 10.3. The van der Waals surface area contributed by atoms with Crippen molar-refractivity contribution >= 4 is 5.69 Å². The molecule has 2 nitrogen and oxygen atoms in total. The smallest absolute Gasteiger partial charge is 0.146 e. The summed E-state index contributed by atoms with van der Waals surface area (Å²) < 4.78 is 13.5. The molecule has 2 aliphatic rings. The lowest BCUT2D eigenvalue weighted by Crippen LogP contribution is -2.42. The van der Waals surface area contributed by atoms with Gasteiger partial charge in [-0.05, 0) is 56.3 Å².